The zero-order chi connectivity index (χ0) is 15.1. The van der Waals surface area contributed by atoms with E-state index in [4.69, 9.17) is 4.74 Å². The molecule has 3 nitrogen and oxygen atoms in total. The van der Waals surface area contributed by atoms with Gasteiger partial charge in [0.15, 0.2) is 6.10 Å². The van der Waals surface area contributed by atoms with Gasteiger partial charge in [0.2, 0.25) is 0 Å². The summed E-state index contributed by atoms with van der Waals surface area (Å²) >= 11 is 0. The van der Waals surface area contributed by atoms with Crippen LogP contribution in [0.4, 0.5) is 0 Å². The number of nitrogens with one attached hydrogen (secondary N) is 1. The van der Waals surface area contributed by atoms with Gasteiger partial charge in [-0.15, -0.1) is 0 Å². The fourth-order valence-corrected chi connectivity index (χ4v) is 2.57. The number of carbonyl (C=O) groups is 1. The number of hydrogen-bond acceptors (Lipinski definition) is 2. The van der Waals surface area contributed by atoms with Crippen molar-refractivity contribution in [3.8, 4) is 5.75 Å². The molecule has 0 aromatic heterocycles. The first kappa shape index (κ1) is 15.6. The summed E-state index contributed by atoms with van der Waals surface area (Å²) in [4.78, 5) is 12.0. The van der Waals surface area contributed by atoms with Crippen molar-refractivity contribution in [1.82, 2.24) is 5.32 Å². The van der Waals surface area contributed by atoms with Gasteiger partial charge in [-0.25, -0.2) is 0 Å². The second kappa shape index (κ2) is 7.87. The Bertz CT molecular complexity index is 508. The number of amides is 1. The Kier molecular flexibility index (Phi) is 5.85. The largest absolute Gasteiger partial charge is 0.481 e. The Morgan fingerprint density at radius 1 is 1.38 bits per heavy atom. The van der Waals surface area contributed by atoms with Gasteiger partial charge in [0.1, 0.15) is 5.75 Å². The third kappa shape index (κ3) is 5.25. The lowest BCUT2D eigenvalue weighted by Crippen LogP contribution is -2.37. The highest BCUT2D eigenvalue weighted by Gasteiger charge is 2.14. The molecule has 0 heterocycles. The first-order valence-electron chi connectivity index (χ1n) is 7.84. The predicted molar refractivity (Wildman–Crippen MR) is 85.4 cm³/mol. The van der Waals surface area contributed by atoms with Gasteiger partial charge < -0.3 is 10.1 Å². The normalized spacial score (nSPS) is 16.0. The van der Waals surface area contributed by atoms with E-state index in [1.165, 1.54) is 31.3 Å². The highest BCUT2D eigenvalue weighted by molar-refractivity contribution is 5.80. The van der Waals surface area contributed by atoms with E-state index in [0.29, 0.717) is 6.54 Å². The molecule has 21 heavy (non-hydrogen) atoms. The Labute approximate surface area is 127 Å². The summed E-state index contributed by atoms with van der Waals surface area (Å²) in [7, 11) is 0. The maximum Gasteiger partial charge on any atom is 0.260 e. The zero-order valence-electron chi connectivity index (χ0n) is 13.0. The van der Waals surface area contributed by atoms with Crippen molar-refractivity contribution in [2.45, 2.75) is 52.1 Å². The van der Waals surface area contributed by atoms with Crippen LogP contribution in [-0.4, -0.2) is 18.6 Å². The maximum absolute atomic E-state index is 12.0. The zero-order valence-corrected chi connectivity index (χ0v) is 13.0. The molecule has 1 aromatic rings. The first-order chi connectivity index (χ1) is 10.1. The maximum atomic E-state index is 12.0. The van der Waals surface area contributed by atoms with E-state index in [-0.39, 0.29) is 5.91 Å². The lowest BCUT2D eigenvalue weighted by atomic mass is 9.97. The van der Waals surface area contributed by atoms with Gasteiger partial charge in [-0.05, 0) is 63.6 Å². The fraction of sp³-hybridized carbons (Fsp3) is 0.500. The predicted octanol–water partition coefficient (Wildman–Crippen LogP) is 3.77. The van der Waals surface area contributed by atoms with E-state index >= 15 is 0 Å². The number of aryl methyl sites for hydroxylation is 1. The number of carbonyl (C=O) groups excluding carboxylic acids is 1. The first-order valence-corrected chi connectivity index (χ1v) is 7.84. The molecule has 1 aliphatic rings. The second-order valence-electron chi connectivity index (χ2n) is 5.73. The van der Waals surface area contributed by atoms with Crippen LogP contribution in [0.3, 0.4) is 0 Å². The van der Waals surface area contributed by atoms with Crippen molar-refractivity contribution < 1.29 is 9.53 Å². The minimum Gasteiger partial charge on any atom is -0.481 e. The summed E-state index contributed by atoms with van der Waals surface area (Å²) in [6.45, 7) is 4.50. The lowest BCUT2D eigenvalue weighted by molar-refractivity contribution is -0.127. The number of allylic oxidation sites excluding steroid dienone is 1. The fourth-order valence-electron chi connectivity index (χ4n) is 2.57. The van der Waals surface area contributed by atoms with Gasteiger partial charge in [0.05, 0.1) is 0 Å². The number of rotatable bonds is 6. The van der Waals surface area contributed by atoms with E-state index in [9.17, 15) is 4.79 Å². The molecule has 114 valence electrons. The van der Waals surface area contributed by atoms with E-state index in [1.54, 1.807) is 6.92 Å². The Hall–Kier alpha value is -1.77. The van der Waals surface area contributed by atoms with Gasteiger partial charge in [-0.2, -0.15) is 0 Å². The molecule has 0 radical (unpaired) electrons. The minimum absolute atomic E-state index is 0.0482. The van der Waals surface area contributed by atoms with Crippen LogP contribution in [0.1, 0.15) is 44.6 Å². The molecule has 1 N–H and O–H groups in total. The van der Waals surface area contributed by atoms with Crippen molar-refractivity contribution in [2.75, 3.05) is 6.54 Å². The molecule has 1 amide bonds. The molecule has 0 saturated carbocycles. The van der Waals surface area contributed by atoms with Crippen LogP contribution in [0.15, 0.2) is 35.9 Å². The molecule has 1 aliphatic carbocycles. The highest BCUT2D eigenvalue weighted by atomic mass is 16.5. The second-order valence-corrected chi connectivity index (χ2v) is 5.73. The molecule has 0 unspecified atom stereocenters. The smallest absolute Gasteiger partial charge is 0.260 e. The Morgan fingerprint density at radius 3 is 2.95 bits per heavy atom. The lowest BCUT2D eigenvalue weighted by Gasteiger charge is -2.16. The molecular formula is C18H25NO2. The monoisotopic (exact) mass is 287 g/mol. The average Bonchev–Trinajstić information content (AvgIpc) is 2.48. The standard InChI is InChI=1S/C18H25NO2/c1-14-7-6-10-17(13-14)21-15(2)18(20)19-12-11-16-8-4-3-5-9-16/h6-8,10,13,15H,3-5,9,11-12H2,1-2H3,(H,19,20)/t15-/m1/s1. The van der Waals surface area contributed by atoms with Crippen molar-refractivity contribution in [2.24, 2.45) is 0 Å². The van der Waals surface area contributed by atoms with Gasteiger partial charge in [-0.3, -0.25) is 4.79 Å². The Balaban J connectivity index is 1.73. The quantitative estimate of drug-likeness (QED) is 0.809. The van der Waals surface area contributed by atoms with Crippen molar-refractivity contribution in [1.29, 1.82) is 0 Å². The third-order valence-electron chi connectivity index (χ3n) is 3.80. The van der Waals surface area contributed by atoms with E-state index in [0.717, 1.165) is 17.7 Å². The number of hydrogen-bond donors (Lipinski definition) is 1. The van der Waals surface area contributed by atoms with Crippen LogP contribution in [-0.2, 0) is 4.79 Å². The highest BCUT2D eigenvalue weighted by Crippen LogP contribution is 2.19. The number of benzene rings is 1. The summed E-state index contributed by atoms with van der Waals surface area (Å²) in [6.07, 6.45) is 7.78. The molecule has 0 bridgehead atoms. The topological polar surface area (TPSA) is 38.3 Å². The van der Waals surface area contributed by atoms with Crippen molar-refractivity contribution in [3.05, 3.63) is 41.5 Å². The van der Waals surface area contributed by atoms with E-state index in [2.05, 4.69) is 11.4 Å². The van der Waals surface area contributed by atoms with Crippen LogP contribution in [0.5, 0.6) is 5.75 Å². The molecule has 0 saturated heterocycles. The van der Waals surface area contributed by atoms with Crippen LogP contribution in [0, 0.1) is 6.92 Å². The number of ether oxygens (including phenoxy) is 1. The van der Waals surface area contributed by atoms with Crippen molar-refractivity contribution >= 4 is 5.91 Å². The third-order valence-corrected chi connectivity index (χ3v) is 3.80. The van der Waals surface area contributed by atoms with Gasteiger partial charge in [0.25, 0.3) is 5.91 Å². The molecule has 1 aromatic carbocycles. The van der Waals surface area contributed by atoms with Gasteiger partial charge in [-0.1, -0.05) is 23.8 Å². The molecule has 0 aliphatic heterocycles. The van der Waals surface area contributed by atoms with Gasteiger partial charge in [0, 0.05) is 6.54 Å². The average molecular weight is 287 g/mol. The minimum atomic E-state index is -0.466. The van der Waals surface area contributed by atoms with Crippen LogP contribution in [0.25, 0.3) is 0 Å². The summed E-state index contributed by atoms with van der Waals surface area (Å²) in [5.41, 5.74) is 2.61. The van der Waals surface area contributed by atoms with Crippen LogP contribution >= 0.6 is 0 Å². The summed E-state index contributed by atoms with van der Waals surface area (Å²) in [5.74, 6) is 0.695. The SMILES string of the molecule is Cc1cccc(O[C@H](C)C(=O)NCCC2=CCCCC2)c1. The van der Waals surface area contributed by atoms with Crippen molar-refractivity contribution in [3.63, 3.8) is 0 Å². The Morgan fingerprint density at radius 2 is 2.24 bits per heavy atom. The molecular weight excluding hydrogens is 262 g/mol. The molecule has 1 atom stereocenters. The van der Waals surface area contributed by atoms with E-state index in [1.807, 2.05) is 31.2 Å². The molecule has 0 fully saturated rings. The summed E-state index contributed by atoms with van der Waals surface area (Å²) in [5, 5.41) is 2.96. The van der Waals surface area contributed by atoms with Crippen LogP contribution < -0.4 is 10.1 Å². The van der Waals surface area contributed by atoms with E-state index < -0.39 is 6.10 Å². The van der Waals surface area contributed by atoms with Crippen LogP contribution in [0.2, 0.25) is 0 Å². The molecule has 0 spiro atoms. The molecule has 2 rings (SSSR count). The summed E-state index contributed by atoms with van der Waals surface area (Å²) < 4.78 is 5.67. The molecule has 3 heteroatoms. The van der Waals surface area contributed by atoms with Gasteiger partial charge >= 0.3 is 0 Å². The summed E-state index contributed by atoms with van der Waals surface area (Å²) in [6, 6.07) is 7.76.